The summed E-state index contributed by atoms with van der Waals surface area (Å²) in [5, 5.41) is 10.9. The Morgan fingerprint density at radius 3 is 2.55 bits per heavy atom. The van der Waals surface area contributed by atoms with E-state index in [0.717, 1.165) is 6.42 Å². The zero-order valence-corrected chi connectivity index (χ0v) is 12.5. The maximum atomic E-state index is 12.6. The van der Waals surface area contributed by atoms with Crippen molar-refractivity contribution in [1.29, 1.82) is 0 Å². The lowest BCUT2D eigenvalue weighted by atomic mass is 9.62. The van der Waals surface area contributed by atoms with Crippen LogP contribution in [0.4, 0.5) is 0 Å². The fraction of sp³-hybridized carbons (Fsp3) is 0.938. The number of epoxide rings is 2. The third-order valence-electron chi connectivity index (χ3n) is 7.87. The molecule has 0 bridgehead atoms. The van der Waals surface area contributed by atoms with Crippen LogP contribution >= 0.6 is 0 Å². The van der Waals surface area contributed by atoms with Gasteiger partial charge in [0.1, 0.15) is 5.60 Å². The fourth-order valence-corrected chi connectivity index (χ4v) is 6.49. The zero-order valence-electron chi connectivity index (χ0n) is 12.5. The molecule has 3 saturated carbocycles. The molecule has 20 heavy (non-hydrogen) atoms. The van der Waals surface area contributed by atoms with Crippen LogP contribution in [0.5, 0.6) is 0 Å². The average molecular weight is 278 g/mol. The number of aliphatic hydroxyl groups excluding tert-OH is 1. The Hall–Kier alpha value is -0.450. The van der Waals surface area contributed by atoms with E-state index in [1.807, 2.05) is 0 Å². The maximum Gasteiger partial charge on any atom is 0.199 e. The van der Waals surface area contributed by atoms with Crippen LogP contribution in [-0.2, 0) is 14.3 Å². The first-order valence-corrected chi connectivity index (χ1v) is 7.78. The van der Waals surface area contributed by atoms with Gasteiger partial charge in [0.25, 0.3) is 0 Å². The minimum atomic E-state index is -0.648. The van der Waals surface area contributed by atoms with Gasteiger partial charge >= 0.3 is 0 Å². The zero-order chi connectivity index (χ0) is 14.3. The standard InChI is InChI=1S/C16H22O4/c1-7-9-8(5-13(7,2)3)10(17)16-12(20-16)11(18)15(6-19-15)14(9,16)4/h7-10,12,17H,5-6H2,1-4H3/t7-,8+,9-,10-,12+,14-,15+,16-/m1/s1. The number of ketones is 1. The average Bonchev–Trinajstić information content (AvgIpc) is 3.24. The van der Waals surface area contributed by atoms with E-state index in [4.69, 9.17) is 9.47 Å². The fourth-order valence-electron chi connectivity index (χ4n) is 6.49. The van der Waals surface area contributed by atoms with Crippen LogP contribution in [0.25, 0.3) is 0 Å². The number of rotatable bonds is 0. The smallest absolute Gasteiger partial charge is 0.199 e. The summed E-state index contributed by atoms with van der Waals surface area (Å²) in [7, 11) is 0. The summed E-state index contributed by atoms with van der Waals surface area (Å²) >= 11 is 0. The van der Waals surface area contributed by atoms with E-state index in [1.165, 1.54) is 0 Å². The van der Waals surface area contributed by atoms with Crippen molar-refractivity contribution in [1.82, 2.24) is 0 Å². The van der Waals surface area contributed by atoms with Gasteiger partial charge in [-0.2, -0.15) is 0 Å². The normalized spacial score (nSPS) is 68.0. The summed E-state index contributed by atoms with van der Waals surface area (Å²) in [6, 6.07) is 0. The molecule has 5 aliphatic rings. The van der Waals surface area contributed by atoms with Crippen LogP contribution in [0.3, 0.4) is 0 Å². The molecule has 0 aromatic heterocycles. The van der Waals surface area contributed by atoms with Gasteiger partial charge < -0.3 is 14.6 Å². The first-order chi connectivity index (χ1) is 9.24. The van der Waals surface area contributed by atoms with Crippen molar-refractivity contribution in [3.05, 3.63) is 0 Å². The van der Waals surface area contributed by atoms with Crippen LogP contribution in [0, 0.1) is 28.6 Å². The third-order valence-corrected chi connectivity index (χ3v) is 7.87. The molecule has 5 rings (SSSR count). The molecule has 3 aliphatic carbocycles. The van der Waals surface area contributed by atoms with E-state index in [9.17, 15) is 9.90 Å². The van der Waals surface area contributed by atoms with Gasteiger partial charge in [-0.25, -0.2) is 0 Å². The van der Waals surface area contributed by atoms with E-state index in [0.29, 0.717) is 18.4 Å². The highest BCUT2D eigenvalue weighted by Crippen LogP contribution is 2.81. The lowest BCUT2D eigenvalue weighted by molar-refractivity contribution is -0.133. The van der Waals surface area contributed by atoms with Gasteiger partial charge in [0, 0.05) is 5.41 Å². The van der Waals surface area contributed by atoms with Crippen LogP contribution in [0.1, 0.15) is 34.1 Å². The first-order valence-electron chi connectivity index (χ1n) is 7.78. The number of carbonyl (C=O) groups excluding carboxylic acids is 1. The Balaban J connectivity index is 1.73. The molecule has 4 heteroatoms. The molecular formula is C16H22O4. The summed E-state index contributed by atoms with van der Waals surface area (Å²) in [6.45, 7) is 9.50. The molecule has 0 aromatic carbocycles. The Kier molecular flexibility index (Phi) is 1.67. The summed E-state index contributed by atoms with van der Waals surface area (Å²) in [5.41, 5.74) is -1.43. The highest BCUT2D eigenvalue weighted by Gasteiger charge is 2.97. The Labute approximate surface area is 118 Å². The SMILES string of the molecule is C[C@@H]1[C@@H]2[C@H](CC1(C)C)[C@@H](O)[C@@]13O[C@H]1C(=O)[C@@]1(CO1)[C@@]23C. The van der Waals surface area contributed by atoms with Gasteiger partial charge in [0.05, 0.1) is 12.7 Å². The monoisotopic (exact) mass is 278 g/mol. The minimum Gasteiger partial charge on any atom is -0.390 e. The molecule has 0 unspecified atom stereocenters. The number of ether oxygens (including phenoxy) is 2. The van der Waals surface area contributed by atoms with E-state index in [1.54, 1.807) is 0 Å². The van der Waals surface area contributed by atoms with Crippen molar-refractivity contribution in [2.24, 2.45) is 28.6 Å². The Bertz CT molecular complexity index is 551. The van der Waals surface area contributed by atoms with Crippen LogP contribution in [0.2, 0.25) is 0 Å². The minimum absolute atomic E-state index is 0.0920. The van der Waals surface area contributed by atoms with Crippen molar-refractivity contribution in [2.75, 3.05) is 6.61 Å². The summed E-state index contributed by atoms with van der Waals surface area (Å²) in [5.74, 6) is 1.10. The van der Waals surface area contributed by atoms with Crippen LogP contribution in [-0.4, -0.2) is 40.9 Å². The van der Waals surface area contributed by atoms with Gasteiger partial charge in [0.2, 0.25) is 0 Å². The Morgan fingerprint density at radius 1 is 1.30 bits per heavy atom. The van der Waals surface area contributed by atoms with Crippen molar-refractivity contribution in [2.45, 2.75) is 57.5 Å². The number of hydrogen-bond donors (Lipinski definition) is 1. The van der Waals surface area contributed by atoms with Crippen LogP contribution < -0.4 is 0 Å². The molecule has 2 heterocycles. The molecule has 8 atom stereocenters. The molecule has 2 aliphatic heterocycles. The number of Topliss-reactive ketones (excluding diaryl/α,β-unsaturated/α-hetero) is 1. The predicted molar refractivity (Wildman–Crippen MR) is 69.9 cm³/mol. The van der Waals surface area contributed by atoms with Gasteiger partial charge in [-0.05, 0) is 29.6 Å². The number of carbonyl (C=O) groups is 1. The van der Waals surface area contributed by atoms with E-state index in [2.05, 4.69) is 27.7 Å². The molecule has 0 radical (unpaired) electrons. The summed E-state index contributed by atoms with van der Waals surface area (Å²) in [6.07, 6.45) is 0.0858. The van der Waals surface area contributed by atoms with Gasteiger partial charge in [-0.15, -0.1) is 0 Å². The lowest BCUT2D eigenvalue weighted by Crippen LogP contribution is -2.50. The third kappa shape index (κ3) is 0.820. The van der Waals surface area contributed by atoms with Crippen molar-refractivity contribution in [3.8, 4) is 0 Å². The van der Waals surface area contributed by atoms with Gasteiger partial charge in [0.15, 0.2) is 17.5 Å². The molecule has 0 aromatic rings. The van der Waals surface area contributed by atoms with Gasteiger partial charge in [-0.3, -0.25) is 4.79 Å². The molecule has 4 nitrogen and oxygen atoms in total. The first kappa shape index (κ1) is 12.1. The topological polar surface area (TPSA) is 62.4 Å². The van der Waals surface area contributed by atoms with E-state index in [-0.39, 0.29) is 22.5 Å². The molecule has 1 N–H and O–H groups in total. The Morgan fingerprint density at radius 2 is 1.95 bits per heavy atom. The second-order valence-electron chi connectivity index (χ2n) is 8.59. The molecular weight excluding hydrogens is 256 g/mol. The number of hydrogen-bond acceptors (Lipinski definition) is 4. The second kappa shape index (κ2) is 2.75. The predicted octanol–water partition coefficient (Wildman–Crippen LogP) is 1.15. The molecule has 110 valence electrons. The van der Waals surface area contributed by atoms with Crippen molar-refractivity contribution >= 4 is 5.78 Å². The number of fused-ring (bicyclic) bond motifs is 3. The van der Waals surface area contributed by atoms with E-state index < -0.39 is 23.4 Å². The maximum absolute atomic E-state index is 12.6. The van der Waals surface area contributed by atoms with Crippen molar-refractivity contribution in [3.63, 3.8) is 0 Å². The molecule has 2 saturated heterocycles. The van der Waals surface area contributed by atoms with E-state index >= 15 is 0 Å². The lowest BCUT2D eigenvalue weighted by Gasteiger charge is -2.40. The quantitative estimate of drug-likeness (QED) is 0.675. The highest BCUT2D eigenvalue weighted by molar-refractivity contribution is 6.02. The molecule has 5 fully saturated rings. The largest absolute Gasteiger partial charge is 0.390 e. The highest BCUT2D eigenvalue weighted by atomic mass is 16.7. The summed E-state index contributed by atoms with van der Waals surface area (Å²) in [4.78, 5) is 12.6. The van der Waals surface area contributed by atoms with Gasteiger partial charge in [-0.1, -0.05) is 27.7 Å². The number of aliphatic hydroxyl groups is 1. The summed E-state index contributed by atoms with van der Waals surface area (Å²) < 4.78 is 11.6. The molecule has 2 spiro atoms. The van der Waals surface area contributed by atoms with Crippen molar-refractivity contribution < 1.29 is 19.4 Å². The second-order valence-corrected chi connectivity index (χ2v) is 8.59. The van der Waals surface area contributed by atoms with Crippen LogP contribution in [0.15, 0.2) is 0 Å². The molecule has 0 amide bonds.